The molecule has 9 heteroatoms. The summed E-state index contributed by atoms with van der Waals surface area (Å²) in [4.78, 5) is 25.0. The van der Waals surface area contributed by atoms with Gasteiger partial charge in [0, 0.05) is 7.05 Å². The Hall–Kier alpha value is -2.45. The largest absolute Gasteiger partial charge is 0.492 e. The van der Waals surface area contributed by atoms with E-state index in [-0.39, 0.29) is 18.0 Å². The van der Waals surface area contributed by atoms with Gasteiger partial charge in [-0.2, -0.15) is 13.2 Å². The Labute approximate surface area is 150 Å². The van der Waals surface area contributed by atoms with Gasteiger partial charge in [0.2, 0.25) is 5.91 Å². The smallest absolute Gasteiger partial charge is 0.416 e. The number of amides is 2. The minimum absolute atomic E-state index is 0.105. The van der Waals surface area contributed by atoms with Crippen molar-refractivity contribution in [1.29, 1.82) is 0 Å². The van der Waals surface area contributed by atoms with Crippen molar-refractivity contribution < 1.29 is 32.2 Å². The van der Waals surface area contributed by atoms with E-state index in [1.807, 2.05) is 0 Å². The van der Waals surface area contributed by atoms with Gasteiger partial charge in [0.25, 0.3) is 0 Å². The van der Waals surface area contributed by atoms with Crippen LogP contribution in [0.4, 0.5) is 23.7 Å². The predicted molar refractivity (Wildman–Crippen MR) is 90.1 cm³/mol. The molecule has 0 aliphatic rings. The average Bonchev–Trinajstić information content (AvgIpc) is 2.46. The first-order valence-electron chi connectivity index (χ1n) is 7.91. The monoisotopic (exact) mass is 376 g/mol. The van der Waals surface area contributed by atoms with Crippen molar-refractivity contribution in [3.63, 3.8) is 0 Å². The lowest BCUT2D eigenvalue weighted by Crippen LogP contribution is -2.38. The molecular weight excluding hydrogens is 353 g/mol. The van der Waals surface area contributed by atoms with Crippen LogP contribution < -0.4 is 10.1 Å². The molecule has 0 aliphatic heterocycles. The lowest BCUT2D eigenvalue weighted by atomic mass is 10.1. The third-order valence-electron chi connectivity index (χ3n) is 2.97. The van der Waals surface area contributed by atoms with E-state index in [2.05, 4.69) is 5.32 Å². The zero-order valence-corrected chi connectivity index (χ0v) is 15.4. The zero-order chi connectivity index (χ0) is 20.1. The Morgan fingerprint density at radius 1 is 1.19 bits per heavy atom. The van der Waals surface area contributed by atoms with Crippen LogP contribution in [0.3, 0.4) is 0 Å². The molecule has 1 aromatic carbocycles. The topological polar surface area (TPSA) is 67.9 Å². The van der Waals surface area contributed by atoms with Gasteiger partial charge in [0.05, 0.1) is 17.9 Å². The summed E-state index contributed by atoms with van der Waals surface area (Å²) in [5.41, 5.74) is -1.77. The second-order valence-corrected chi connectivity index (χ2v) is 6.53. The van der Waals surface area contributed by atoms with Crippen LogP contribution in [0.2, 0.25) is 0 Å². The Morgan fingerprint density at radius 2 is 1.81 bits per heavy atom. The number of hydrogen-bond donors (Lipinski definition) is 1. The summed E-state index contributed by atoms with van der Waals surface area (Å²) in [6.45, 7) is 6.52. The maximum atomic E-state index is 12.9. The number of nitrogens with one attached hydrogen (secondary N) is 1. The highest BCUT2D eigenvalue weighted by molar-refractivity contribution is 5.95. The van der Waals surface area contributed by atoms with Crippen molar-refractivity contribution in [3.05, 3.63) is 23.8 Å². The van der Waals surface area contributed by atoms with Gasteiger partial charge in [-0.25, -0.2) is 4.79 Å². The number of carbonyl (C=O) groups excluding carboxylic acids is 2. The first kappa shape index (κ1) is 21.6. The van der Waals surface area contributed by atoms with Crippen LogP contribution in [0.15, 0.2) is 18.2 Å². The average molecular weight is 376 g/mol. The summed E-state index contributed by atoms with van der Waals surface area (Å²) in [7, 11) is 1.35. The van der Waals surface area contributed by atoms with E-state index in [9.17, 15) is 22.8 Å². The van der Waals surface area contributed by atoms with Crippen LogP contribution >= 0.6 is 0 Å². The molecule has 0 saturated carbocycles. The molecule has 0 saturated heterocycles. The fourth-order valence-corrected chi connectivity index (χ4v) is 1.89. The number of rotatable bonds is 5. The van der Waals surface area contributed by atoms with Crippen LogP contribution in [0.1, 0.15) is 33.3 Å². The number of halogens is 3. The van der Waals surface area contributed by atoms with Gasteiger partial charge < -0.3 is 19.7 Å². The minimum Gasteiger partial charge on any atom is -0.492 e. The maximum absolute atomic E-state index is 12.9. The highest BCUT2D eigenvalue weighted by atomic mass is 19.4. The van der Waals surface area contributed by atoms with E-state index in [0.29, 0.717) is 0 Å². The second-order valence-electron chi connectivity index (χ2n) is 6.53. The Bertz CT molecular complexity index is 654. The molecule has 146 valence electrons. The van der Waals surface area contributed by atoms with E-state index in [0.717, 1.165) is 23.1 Å². The molecule has 0 bridgehead atoms. The lowest BCUT2D eigenvalue weighted by molar-refractivity contribution is -0.137. The number of alkyl halides is 3. The van der Waals surface area contributed by atoms with Gasteiger partial charge in [-0.05, 0) is 45.9 Å². The van der Waals surface area contributed by atoms with Crippen molar-refractivity contribution in [2.45, 2.75) is 39.5 Å². The predicted octanol–water partition coefficient (Wildman–Crippen LogP) is 3.91. The number of hydrogen-bond acceptors (Lipinski definition) is 4. The molecular formula is C17H23F3N2O4. The number of benzene rings is 1. The zero-order valence-electron chi connectivity index (χ0n) is 15.4. The quantitative estimate of drug-likeness (QED) is 0.846. The number of anilines is 1. The Morgan fingerprint density at radius 3 is 2.31 bits per heavy atom. The number of carbonyl (C=O) groups is 2. The second kappa shape index (κ2) is 8.29. The summed E-state index contributed by atoms with van der Waals surface area (Å²) in [5.74, 6) is -0.576. The Kier molecular flexibility index (Phi) is 6.88. The molecule has 0 fully saturated rings. The fraction of sp³-hybridized carbons (Fsp3) is 0.529. The van der Waals surface area contributed by atoms with Crippen molar-refractivity contribution >= 4 is 17.7 Å². The van der Waals surface area contributed by atoms with Crippen LogP contribution in [0.5, 0.6) is 5.75 Å². The first-order valence-corrected chi connectivity index (χ1v) is 7.91. The highest BCUT2D eigenvalue weighted by Gasteiger charge is 2.31. The maximum Gasteiger partial charge on any atom is 0.416 e. The molecule has 1 aromatic rings. The molecule has 0 unspecified atom stereocenters. The van der Waals surface area contributed by atoms with Crippen molar-refractivity contribution in [2.24, 2.45) is 0 Å². The number of ether oxygens (including phenoxy) is 2. The summed E-state index contributed by atoms with van der Waals surface area (Å²) >= 11 is 0. The summed E-state index contributed by atoms with van der Waals surface area (Å²) < 4.78 is 49.0. The molecule has 1 rings (SSSR count). The molecule has 2 amide bonds. The third-order valence-corrected chi connectivity index (χ3v) is 2.97. The van der Waals surface area contributed by atoms with Crippen molar-refractivity contribution in [2.75, 3.05) is 25.5 Å². The Balaban J connectivity index is 2.88. The van der Waals surface area contributed by atoms with Gasteiger partial charge >= 0.3 is 12.3 Å². The van der Waals surface area contributed by atoms with Crippen LogP contribution in [0.25, 0.3) is 0 Å². The number of nitrogens with zero attached hydrogens (tertiary/aromatic N) is 1. The van der Waals surface area contributed by atoms with Gasteiger partial charge in [-0.3, -0.25) is 4.79 Å². The first-order chi connectivity index (χ1) is 11.8. The number of likely N-dealkylation sites (N-methyl/N-ethyl adjacent to an activating group) is 1. The normalized spacial score (nSPS) is 11.7. The molecule has 6 nitrogen and oxygen atoms in total. The minimum atomic E-state index is -4.56. The molecule has 26 heavy (non-hydrogen) atoms. The third kappa shape index (κ3) is 6.81. The fourth-order valence-electron chi connectivity index (χ4n) is 1.89. The van der Waals surface area contributed by atoms with E-state index < -0.39 is 35.9 Å². The van der Waals surface area contributed by atoms with Crippen LogP contribution in [0, 0.1) is 0 Å². The molecule has 0 spiro atoms. The van der Waals surface area contributed by atoms with Crippen LogP contribution in [-0.2, 0) is 15.7 Å². The van der Waals surface area contributed by atoms with Crippen molar-refractivity contribution in [1.82, 2.24) is 4.90 Å². The van der Waals surface area contributed by atoms with Gasteiger partial charge in [0.15, 0.2) is 0 Å². The molecule has 0 heterocycles. The van der Waals surface area contributed by atoms with Gasteiger partial charge in [0.1, 0.15) is 17.9 Å². The van der Waals surface area contributed by atoms with E-state index in [1.165, 1.54) is 7.05 Å². The SMILES string of the molecule is CCOc1ccc(C(F)(F)F)cc1NC(=O)CN(C)C(=O)OC(C)(C)C. The van der Waals surface area contributed by atoms with E-state index >= 15 is 0 Å². The molecule has 0 radical (unpaired) electrons. The van der Waals surface area contributed by atoms with Gasteiger partial charge in [-0.1, -0.05) is 0 Å². The molecule has 1 N–H and O–H groups in total. The summed E-state index contributed by atoms with van der Waals surface area (Å²) in [6.07, 6.45) is -5.28. The standard InChI is InChI=1S/C17H23F3N2O4/c1-6-25-13-8-7-11(17(18,19)20)9-12(13)21-14(23)10-22(5)15(24)26-16(2,3)4/h7-9H,6,10H2,1-5H3,(H,21,23). The highest BCUT2D eigenvalue weighted by Crippen LogP contribution is 2.35. The van der Waals surface area contributed by atoms with E-state index in [4.69, 9.17) is 9.47 Å². The van der Waals surface area contributed by atoms with Gasteiger partial charge in [-0.15, -0.1) is 0 Å². The molecule has 0 aliphatic carbocycles. The lowest BCUT2D eigenvalue weighted by Gasteiger charge is -2.24. The van der Waals surface area contributed by atoms with Crippen molar-refractivity contribution in [3.8, 4) is 5.75 Å². The summed E-state index contributed by atoms with van der Waals surface area (Å²) in [5, 5.41) is 2.34. The summed E-state index contributed by atoms with van der Waals surface area (Å²) in [6, 6.07) is 2.79. The molecule has 0 aromatic heterocycles. The van der Waals surface area contributed by atoms with Crippen LogP contribution in [-0.4, -0.2) is 42.7 Å². The molecule has 0 atom stereocenters. The van der Waals surface area contributed by atoms with E-state index in [1.54, 1.807) is 27.7 Å².